The maximum Gasteiger partial charge on any atom is 0.297 e. The first kappa shape index (κ1) is 10.7. The fourth-order valence-electron chi connectivity index (χ4n) is 2.58. The van der Waals surface area contributed by atoms with Crippen molar-refractivity contribution in [2.24, 2.45) is 0 Å². The van der Waals surface area contributed by atoms with Crippen LogP contribution in [0.15, 0.2) is 24.3 Å². The first-order valence-corrected chi connectivity index (χ1v) is 6.65. The van der Waals surface area contributed by atoms with Gasteiger partial charge in [-0.2, -0.15) is 0 Å². The number of carbonyl (C=O) groups excluding carboxylic acids is 1. The SMILES string of the molecule is O=C(c1n[nH]c(C2CC2)n1)N1CCc2ccccc21. The van der Waals surface area contributed by atoms with Crippen LogP contribution in [0.25, 0.3) is 0 Å². The van der Waals surface area contributed by atoms with Gasteiger partial charge in [0, 0.05) is 18.2 Å². The highest BCUT2D eigenvalue weighted by molar-refractivity contribution is 6.04. The molecule has 5 heteroatoms. The molecule has 1 aliphatic carbocycles. The van der Waals surface area contributed by atoms with E-state index in [9.17, 15) is 4.79 Å². The predicted octanol–water partition coefficient (Wildman–Crippen LogP) is 1.89. The molecule has 0 spiro atoms. The van der Waals surface area contributed by atoms with Gasteiger partial charge < -0.3 is 4.90 Å². The predicted molar refractivity (Wildman–Crippen MR) is 70.2 cm³/mol. The number of nitrogens with one attached hydrogen (secondary N) is 1. The van der Waals surface area contributed by atoms with Gasteiger partial charge in [-0.25, -0.2) is 4.98 Å². The topological polar surface area (TPSA) is 61.9 Å². The minimum Gasteiger partial charge on any atom is -0.305 e. The summed E-state index contributed by atoms with van der Waals surface area (Å²) in [5.41, 5.74) is 2.21. The second kappa shape index (κ2) is 3.91. The van der Waals surface area contributed by atoms with Crippen molar-refractivity contribution in [3.63, 3.8) is 0 Å². The Morgan fingerprint density at radius 2 is 2.16 bits per heavy atom. The van der Waals surface area contributed by atoms with Crippen LogP contribution in [0.3, 0.4) is 0 Å². The van der Waals surface area contributed by atoms with Crippen LogP contribution in [0, 0.1) is 0 Å². The molecule has 2 heterocycles. The zero-order valence-corrected chi connectivity index (χ0v) is 10.5. The molecule has 0 saturated heterocycles. The zero-order valence-electron chi connectivity index (χ0n) is 10.5. The highest BCUT2D eigenvalue weighted by Crippen LogP contribution is 2.38. The highest BCUT2D eigenvalue weighted by Gasteiger charge is 2.31. The number of benzene rings is 1. The average molecular weight is 254 g/mol. The van der Waals surface area contributed by atoms with Crippen molar-refractivity contribution in [3.05, 3.63) is 41.5 Å². The maximum absolute atomic E-state index is 12.4. The van der Waals surface area contributed by atoms with Gasteiger partial charge >= 0.3 is 0 Å². The van der Waals surface area contributed by atoms with Gasteiger partial charge in [-0.3, -0.25) is 9.89 Å². The van der Waals surface area contributed by atoms with Gasteiger partial charge in [0.1, 0.15) is 5.82 Å². The number of anilines is 1. The van der Waals surface area contributed by atoms with Crippen LogP contribution in [0.2, 0.25) is 0 Å². The van der Waals surface area contributed by atoms with Gasteiger partial charge in [0.25, 0.3) is 5.91 Å². The summed E-state index contributed by atoms with van der Waals surface area (Å²) in [6.07, 6.45) is 3.20. The molecule has 1 aromatic heterocycles. The van der Waals surface area contributed by atoms with Crippen molar-refractivity contribution >= 4 is 11.6 Å². The first-order chi connectivity index (χ1) is 9.33. The van der Waals surface area contributed by atoms with Crippen molar-refractivity contribution in [1.82, 2.24) is 15.2 Å². The summed E-state index contributed by atoms with van der Waals surface area (Å²) < 4.78 is 0. The summed E-state index contributed by atoms with van der Waals surface area (Å²) in [7, 11) is 0. The summed E-state index contributed by atoms with van der Waals surface area (Å²) in [6.45, 7) is 0.714. The molecule has 1 N–H and O–H groups in total. The smallest absolute Gasteiger partial charge is 0.297 e. The zero-order chi connectivity index (χ0) is 12.8. The van der Waals surface area contributed by atoms with E-state index in [2.05, 4.69) is 21.2 Å². The number of fused-ring (bicyclic) bond motifs is 1. The molecule has 5 nitrogen and oxygen atoms in total. The van der Waals surface area contributed by atoms with E-state index in [1.807, 2.05) is 18.2 Å². The van der Waals surface area contributed by atoms with E-state index in [0.717, 1.165) is 30.8 Å². The van der Waals surface area contributed by atoms with Crippen molar-refractivity contribution < 1.29 is 4.79 Å². The molecular formula is C14H14N4O. The van der Waals surface area contributed by atoms with Gasteiger partial charge in [-0.15, -0.1) is 5.10 Å². The number of hydrogen-bond donors (Lipinski definition) is 1. The van der Waals surface area contributed by atoms with Gasteiger partial charge in [-0.1, -0.05) is 18.2 Å². The van der Waals surface area contributed by atoms with Crippen LogP contribution in [0.5, 0.6) is 0 Å². The number of nitrogens with zero attached hydrogens (tertiary/aromatic N) is 3. The third kappa shape index (κ3) is 1.73. The molecule has 1 amide bonds. The Balaban J connectivity index is 1.63. The minimum atomic E-state index is -0.104. The van der Waals surface area contributed by atoms with Crippen LogP contribution < -0.4 is 4.90 Å². The third-order valence-electron chi connectivity index (χ3n) is 3.79. The van der Waals surface area contributed by atoms with Gasteiger partial charge in [-0.05, 0) is 30.9 Å². The molecule has 0 bridgehead atoms. The minimum absolute atomic E-state index is 0.104. The first-order valence-electron chi connectivity index (χ1n) is 6.65. The second-order valence-corrected chi connectivity index (χ2v) is 5.15. The number of H-pyrrole nitrogens is 1. The quantitative estimate of drug-likeness (QED) is 0.890. The Hall–Kier alpha value is -2.17. The summed E-state index contributed by atoms with van der Waals surface area (Å²) in [5, 5.41) is 6.95. The van der Waals surface area contributed by atoms with Crippen molar-refractivity contribution in [2.75, 3.05) is 11.4 Å². The number of para-hydroxylation sites is 1. The Morgan fingerprint density at radius 1 is 1.32 bits per heavy atom. The molecule has 1 aromatic carbocycles. The normalized spacial score (nSPS) is 17.6. The molecule has 4 rings (SSSR count). The molecule has 2 aromatic rings. The van der Waals surface area contributed by atoms with Crippen LogP contribution >= 0.6 is 0 Å². The van der Waals surface area contributed by atoms with E-state index in [0.29, 0.717) is 18.3 Å². The summed E-state index contributed by atoms with van der Waals surface area (Å²) >= 11 is 0. The second-order valence-electron chi connectivity index (χ2n) is 5.15. The number of hydrogen-bond acceptors (Lipinski definition) is 3. The Labute approximate surface area is 110 Å². The molecule has 0 radical (unpaired) electrons. The lowest BCUT2D eigenvalue weighted by Gasteiger charge is -2.14. The molecule has 1 saturated carbocycles. The average Bonchev–Trinajstić information content (AvgIpc) is 3.03. The van der Waals surface area contributed by atoms with Gasteiger partial charge in [0.05, 0.1) is 0 Å². The summed E-state index contributed by atoms with van der Waals surface area (Å²) in [5.74, 6) is 1.53. The van der Waals surface area contributed by atoms with Crippen LogP contribution in [-0.4, -0.2) is 27.6 Å². The highest BCUT2D eigenvalue weighted by atomic mass is 16.2. The molecule has 96 valence electrons. The molecule has 2 aliphatic rings. The molecule has 19 heavy (non-hydrogen) atoms. The molecule has 0 atom stereocenters. The van der Waals surface area contributed by atoms with E-state index in [1.54, 1.807) is 4.90 Å². The van der Waals surface area contributed by atoms with E-state index < -0.39 is 0 Å². The number of aromatic amines is 1. The van der Waals surface area contributed by atoms with Gasteiger partial charge in [0.2, 0.25) is 5.82 Å². The van der Waals surface area contributed by atoms with E-state index >= 15 is 0 Å². The molecule has 0 unspecified atom stereocenters. The lowest BCUT2D eigenvalue weighted by molar-refractivity contribution is 0.0980. The number of aromatic nitrogens is 3. The van der Waals surface area contributed by atoms with Crippen molar-refractivity contribution in [3.8, 4) is 0 Å². The Bertz CT molecular complexity index is 644. The van der Waals surface area contributed by atoms with Crippen molar-refractivity contribution in [2.45, 2.75) is 25.2 Å². The Kier molecular flexibility index (Phi) is 2.21. The monoisotopic (exact) mass is 254 g/mol. The summed E-state index contributed by atoms with van der Waals surface area (Å²) in [6, 6.07) is 8.01. The standard InChI is InChI=1S/C14H14N4O/c19-14(13-15-12(16-17-13)10-5-6-10)18-8-7-9-3-1-2-4-11(9)18/h1-4,10H,5-8H2,(H,15,16,17). The fourth-order valence-corrected chi connectivity index (χ4v) is 2.58. The van der Waals surface area contributed by atoms with Gasteiger partial charge in [0.15, 0.2) is 0 Å². The Morgan fingerprint density at radius 3 is 3.00 bits per heavy atom. The van der Waals surface area contributed by atoms with Crippen molar-refractivity contribution in [1.29, 1.82) is 0 Å². The van der Waals surface area contributed by atoms with Crippen LogP contribution in [-0.2, 0) is 6.42 Å². The third-order valence-corrected chi connectivity index (χ3v) is 3.79. The lowest BCUT2D eigenvalue weighted by atomic mass is 10.2. The number of rotatable bonds is 2. The van der Waals surface area contributed by atoms with Crippen LogP contribution in [0.4, 0.5) is 5.69 Å². The summed E-state index contributed by atoms with van der Waals surface area (Å²) in [4.78, 5) is 18.6. The number of amides is 1. The lowest BCUT2D eigenvalue weighted by Crippen LogP contribution is -2.29. The molecule has 1 aliphatic heterocycles. The molecular weight excluding hydrogens is 240 g/mol. The maximum atomic E-state index is 12.4. The van der Waals surface area contributed by atoms with Crippen LogP contribution in [0.1, 0.15) is 40.8 Å². The largest absolute Gasteiger partial charge is 0.305 e. The van der Waals surface area contributed by atoms with E-state index in [1.165, 1.54) is 5.56 Å². The molecule has 1 fully saturated rings. The fraction of sp³-hybridized carbons (Fsp3) is 0.357. The number of carbonyl (C=O) groups is 1. The van der Waals surface area contributed by atoms with E-state index in [-0.39, 0.29) is 5.91 Å². The van der Waals surface area contributed by atoms with E-state index in [4.69, 9.17) is 0 Å².